The summed E-state index contributed by atoms with van der Waals surface area (Å²) in [6.07, 6.45) is 8.29. The summed E-state index contributed by atoms with van der Waals surface area (Å²) in [7, 11) is 0. The van der Waals surface area contributed by atoms with Gasteiger partial charge in [-0.2, -0.15) is 0 Å². The van der Waals surface area contributed by atoms with Crippen LogP contribution in [0.3, 0.4) is 0 Å². The van der Waals surface area contributed by atoms with Gasteiger partial charge >= 0.3 is 0 Å². The smallest absolute Gasteiger partial charge is 0.0237 e. The Morgan fingerprint density at radius 2 is 1.95 bits per heavy atom. The second-order valence-electron chi connectivity index (χ2n) is 6.18. The molecule has 0 aromatic heterocycles. The number of nitrogens with two attached hydrogens (primary N) is 1. The van der Waals surface area contributed by atoms with E-state index >= 15 is 0 Å². The zero-order chi connectivity index (χ0) is 13.1. The highest BCUT2D eigenvalue weighted by Crippen LogP contribution is 2.34. The van der Waals surface area contributed by atoms with Gasteiger partial charge in [0, 0.05) is 26.2 Å². The lowest BCUT2D eigenvalue weighted by Gasteiger charge is -2.30. The van der Waals surface area contributed by atoms with Gasteiger partial charge in [-0.05, 0) is 41.9 Å². The molecule has 1 aromatic carbocycles. The summed E-state index contributed by atoms with van der Waals surface area (Å²) in [4.78, 5) is 2.47. The van der Waals surface area contributed by atoms with Crippen LogP contribution < -0.4 is 5.73 Å². The van der Waals surface area contributed by atoms with Crippen LogP contribution in [0.1, 0.15) is 54.7 Å². The van der Waals surface area contributed by atoms with Gasteiger partial charge in [-0.1, -0.05) is 37.5 Å². The molecule has 104 valence electrons. The predicted molar refractivity (Wildman–Crippen MR) is 80.3 cm³/mol. The highest BCUT2D eigenvalue weighted by atomic mass is 15.1. The van der Waals surface area contributed by atoms with Crippen LogP contribution in [0.15, 0.2) is 18.2 Å². The van der Waals surface area contributed by atoms with Crippen molar-refractivity contribution in [3.8, 4) is 0 Å². The lowest BCUT2D eigenvalue weighted by molar-refractivity contribution is 0.261. The van der Waals surface area contributed by atoms with Gasteiger partial charge in [0.2, 0.25) is 0 Å². The number of nitrogens with zero attached hydrogens (tertiary/aromatic N) is 1. The summed E-state index contributed by atoms with van der Waals surface area (Å²) in [5, 5.41) is 0. The van der Waals surface area contributed by atoms with E-state index in [-0.39, 0.29) is 0 Å². The van der Waals surface area contributed by atoms with Crippen molar-refractivity contribution in [2.24, 2.45) is 5.73 Å². The fourth-order valence-electron chi connectivity index (χ4n) is 3.69. The molecule has 1 saturated carbocycles. The lowest BCUT2D eigenvalue weighted by Crippen LogP contribution is -2.34. The molecule has 1 aliphatic heterocycles. The average Bonchev–Trinajstić information content (AvgIpc) is 2.48. The van der Waals surface area contributed by atoms with E-state index in [0.29, 0.717) is 0 Å². The summed E-state index contributed by atoms with van der Waals surface area (Å²) in [6.45, 7) is 4.08. The summed E-state index contributed by atoms with van der Waals surface area (Å²) >= 11 is 0. The number of hydrogen-bond acceptors (Lipinski definition) is 2. The quantitative estimate of drug-likeness (QED) is 0.903. The van der Waals surface area contributed by atoms with E-state index in [1.165, 1.54) is 50.6 Å². The van der Waals surface area contributed by atoms with Crippen LogP contribution in [-0.4, -0.2) is 24.5 Å². The molecule has 1 aromatic rings. The third-order valence-corrected chi connectivity index (χ3v) is 4.84. The molecule has 0 bridgehead atoms. The number of hydrogen-bond donors (Lipinski definition) is 1. The maximum absolute atomic E-state index is 5.66. The maximum Gasteiger partial charge on any atom is 0.0237 e. The monoisotopic (exact) mass is 258 g/mol. The van der Waals surface area contributed by atoms with Gasteiger partial charge in [-0.25, -0.2) is 0 Å². The van der Waals surface area contributed by atoms with E-state index in [9.17, 15) is 0 Å². The molecular formula is C17H26N2. The van der Waals surface area contributed by atoms with Crippen LogP contribution in [0.25, 0.3) is 0 Å². The average molecular weight is 258 g/mol. The highest BCUT2D eigenvalue weighted by Gasteiger charge is 2.19. The van der Waals surface area contributed by atoms with Crippen molar-refractivity contribution in [2.75, 3.05) is 19.6 Å². The predicted octanol–water partition coefficient (Wildman–Crippen LogP) is 3.05. The summed E-state index contributed by atoms with van der Waals surface area (Å²) in [5.41, 5.74) is 10.4. The van der Waals surface area contributed by atoms with E-state index < -0.39 is 0 Å². The minimum atomic E-state index is 0.773. The Hall–Kier alpha value is -0.860. The molecule has 0 unspecified atom stereocenters. The van der Waals surface area contributed by atoms with E-state index in [0.717, 1.165) is 25.6 Å². The van der Waals surface area contributed by atoms with Gasteiger partial charge in [-0.3, -0.25) is 4.90 Å². The molecule has 2 aliphatic rings. The topological polar surface area (TPSA) is 29.3 Å². The lowest BCUT2D eigenvalue weighted by atomic mass is 9.82. The summed E-state index contributed by atoms with van der Waals surface area (Å²) < 4.78 is 0. The van der Waals surface area contributed by atoms with E-state index in [2.05, 4.69) is 23.1 Å². The van der Waals surface area contributed by atoms with Crippen molar-refractivity contribution in [1.29, 1.82) is 0 Å². The fraction of sp³-hybridized carbons (Fsp3) is 0.647. The molecule has 0 saturated heterocycles. The van der Waals surface area contributed by atoms with Crippen LogP contribution in [-0.2, 0) is 13.0 Å². The van der Waals surface area contributed by atoms with E-state index in [4.69, 9.17) is 5.73 Å². The first-order valence-electron chi connectivity index (χ1n) is 7.91. The van der Waals surface area contributed by atoms with Gasteiger partial charge in [-0.15, -0.1) is 0 Å². The van der Waals surface area contributed by atoms with E-state index in [1.54, 1.807) is 11.1 Å². The second kappa shape index (κ2) is 6.06. The fourth-order valence-corrected chi connectivity index (χ4v) is 3.69. The molecule has 0 atom stereocenters. The summed E-state index contributed by atoms with van der Waals surface area (Å²) in [5.74, 6) is 0.834. The first-order valence-corrected chi connectivity index (χ1v) is 7.91. The van der Waals surface area contributed by atoms with Crippen LogP contribution in [0, 0.1) is 0 Å². The van der Waals surface area contributed by atoms with Crippen molar-refractivity contribution >= 4 is 0 Å². The largest absolute Gasteiger partial charge is 0.329 e. The van der Waals surface area contributed by atoms with Crippen molar-refractivity contribution in [3.63, 3.8) is 0 Å². The zero-order valence-corrected chi connectivity index (χ0v) is 11.9. The second-order valence-corrected chi connectivity index (χ2v) is 6.18. The zero-order valence-electron chi connectivity index (χ0n) is 11.9. The molecule has 2 nitrogen and oxygen atoms in total. The standard InChI is InChI=1S/C17H26N2/c18-9-11-19-10-8-16-12-15(6-7-17(16)13-19)14-4-2-1-3-5-14/h6-7,12,14H,1-5,8-11,13,18H2. The number of benzene rings is 1. The summed E-state index contributed by atoms with van der Waals surface area (Å²) in [6, 6.07) is 7.27. The van der Waals surface area contributed by atoms with Gasteiger partial charge in [0.05, 0.1) is 0 Å². The molecule has 2 heteroatoms. The molecule has 0 spiro atoms. The number of rotatable bonds is 3. The minimum absolute atomic E-state index is 0.773. The van der Waals surface area contributed by atoms with Gasteiger partial charge < -0.3 is 5.73 Å². The van der Waals surface area contributed by atoms with Crippen molar-refractivity contribution in [3.05, 3.63) is 34.9 Å². The third-order valence-electron chi connectivity index (χ3n) is 4.84. The van der Waals surface area contributed by atoms with Crippen LogP contribution >= 0.6 is 0 Å². The van der Waals surface area contributed by atoms with Crippen molar-refractivity contribution in [2.45, 2.75) is 51.0 Å². The number of fused-ring (bicyclic) bond motifs is 1. The SMILES string of the molecule is NCCN1CCc2cc(C3CCCCC3)ccc2C1. The Kier molecular flexibility index (Phi) is 4.19. The Morgan fingerprint density at radius 1 is 1.11 bits per heavy atom. The Balaban J connectivity index is 1.73. The van der Waals surface area contributed by atoms with Crippen LogP contribution in [0.5, 0.6) is 0 Å². The van der Waals surface area contributed by atoms with Crippen molar-refractivity contribution in [1.82, 2.24) is 4.90 Å². The molecule has 2 N–H and O–H groups in total. The normalized spacial score (nSPS) is 21.3. The third kappa shape index (κ3) is 3.01. The Bertz CT molecular complexity index is 421. The van der Waals surface area contributed by atoms with Gasteiger partial charge in [0.1, 0.15) is 0 Å². The highest BCUT2D eigenvalue weighted by molar-refractivity contribution is 5.35. The molecule has 0 radical (unpaired) electrons. The van der Waals surface area contributed by atoms with Crippen LogP contribution in [0.4, 0.5) is 0 Å². The molecule has 3 rings (SSSR count). The molecule has 1 fully saturated rings. The van der Waals surface area contributed by atoms with Gasteiger partial charge in [0.15, 0.2) is 0 Å². The Morgan fingerprint density at radius 3 is 2.74 bits per heavy atom. The molecule has 1 aliphatic carbocycles. The van der Waals surface area contributed by atoms with E-state index in [1.807, 2.05) is 0 Å². The van der Waals surface area contributed by atoms with Gasteiger partial charge in [0.25, 0.3) is 0 Å². The van der Waals surface area contributed by atoms with Crippen molar-refractivity contribution < 1.29 is 0 Å². The molecular weight excluding hydrogens is 232 g/mol. The maximum atomic E-state index is 5.66. The molecule has 1 heterocycles. The molecule has 19 heavy (non-hydrogen) atoms. The first kappa shape index (κ1) is 13.1. The Labute approximate surface area is 117 Å². The minimum Gasteiger partial charge on any atom is -0.329 e. The van der Waals surface area contributed by atoms with Crippen LogP contribution in [0.2, 0.25) is 0 Å². The first-order chi connectivity index (χ1) is 9.36. The molecule has 0 amide bonds.